The quantitative estimate of drug-likeness (QED) is 0.927. The molecule has 3 fully saturated rings. The maximum atomic E-state index is 5.27. The zero-order valence-corrected chi connectivity index (χ0v) is 13.0. The van der Waals surface area contributed by atoms with E-state index in [1.807, 2.05) is 6.20 Å². The molecule has 2 atom stereocenters. The van der Waals surface area contributed by atoms with Crippen molar-refractivity contribution in [3.05, 3.63) is 18.6 Å². The van der Waals surface area contributed by atoms with Crippen LogP contribution in [0.5, 0.6) is 0 Å². The van der Waals surface area contributed by atoms with Crippen molar-refractivity contribution in [1.82, 2.24) is 19.9 Å². The van der Waals surface area contributed by atoms with Crippen molar-refractivity contribution in [3.63, 3.8) is 0 Å². The molecule has 0 saturated carbocycles. The van der Waals surface area contributed by atoms with Crippen molar-refractivity contribution in [2.45, 2.75) is 18.9 Å². The van der Waals surface area contributed by atoms with Gasteiger partial charge in [-0.05, 0) is 24.8 Å². The van der Waals surface area contributed by atoms with Crippen LogP contribution in [0.25, 0.3) is 11.0 Å². The first kappa shape index (κ1) is 14.0. The monoisotopic (exact) mass is 301 g/mol. The molecule has 2 aromatic heterocycles. The van der Waals surface area contributed by atoms with Crippen molar-refractivity contribution < 1.29 is 4.74 Å². The zero-order chi connectivity index (χ0) is 14.9. The number of anilines is 1. The highest BCUT2D eigenvalue weighted by Gasteiger charge is 2.35. The standard InChI is InChI=1S/C16H23N5O/c1-22-7-6-20-8-12-2-3-13(20)10-21(9-12)16-14-4-5-17-15(14)18-11-19-16/h4-5,11-13H,2-3,6-10H2,1H3,(H,17,18,19)/t12-,13-/m1/s1. The number of hydrogen-bond acceptors (Lipinski definition) is 5. The molecule has 0 aliphatic carbocycles. The molecule has 0 unspecified atom stereocenters. The summed E-state index contributed by atoms with van der Waals surface area (Å²) >= 11 is 0. The Bertz CT molecular complexity index is 642. The van der Waals surface area contributed by atoms with Crippen molar-refractivity contribution >= 4 is 16.9 Å². The van der Waals surface area contributed by atoms with Gasteiger partial charge < -0.3 is 14.6 Å². The maximum absolute atomic E-state index is 5.27. The molecule has 3 aliphatic rings. The Morgan fingerprint density at radius 1 is 1.27 bits per heavy atom. The van der Waals surface area contributed by atoms with Crippen molar-refractivity contribution in [1.29, 1.82) is 0 Å². The molecule has 1 N–H and O–H groups in total. The number of hydrogen-bond donors (Lipinski definition) is 1. The highest BCUT2D eigenvalue weighted by Crippen LogP contribution is 2.32. The number of aromatic amines is 1. The molecule has 22 heavy (non-hydrogen) atoms. The predicted octanol–water partition coefficient (Wildman–Crippen LogP) is 1.50. The minimum atomic E-state index is 0.609. The summed E-state index contributed by atoms with van der Waals surface area (Å²) in [6, 6.07) is 2.69. The average molecular weight is 301 g/mol. The number of rotatable bonds is 4. The van der Waals surface area contributed by atoms with Crippen LogP contribution in [0.1, 0.15) is 12.8 Å². The number of nitrogens with zero attached hydrogens (tertiary/aromatic N) is 4. The fraction of sp³-hybridized carbons (Fsp3) is 0.625. The Labute approximate surface area is 130 Å². The number of nitrogens with one attached hydrogen (secondary N) is 1. The van der Waals surface area contributed by atoms with Gasteiger partial charge in [0.1, 0.15) is 17.8 Å². The van der Waals surface area contributed by atoms with Gasteiger partial charge in [-0.2, -0.15) is 0 Å². The molecular formula is C16H23N5O. The van der Waals surface area contributed by atoms with E-state index in [1.54, 1.807) is 13.4 Å². The van der Waals surface area contributed by atoms with E-state index in [9.17, 15) is 0 Å². The van der Waals surface area contributed by atoms with Crippen LogP contribution in [0.4, 0.5) is 5.82 Å². The summed E-state index contributed by atoms with van der Waals surface area (Å²) in [6.07, 6.45) is 6.22. The van der Waals surface area contributed by atoms with E-state index in [-0.39, 0.29) is 0 Å². The Morgan fingerprint density at radius 2 is 2.23 bits per heavy atom. The van der Waals surface area contributed by atoms with Gasteiger partial charge in [-0.25, -0.2) is 9.97 Å². The van der Waals surface area contributed by atoms with E-state index in [0.717, 1.165) is 49.0 Å². The number of piperidine rings is 1. The van der Waals surface area contributed by atoms with Gasteiger partial charge in [0, 0.05) is 45.5 Å². The van der Waals surface area contributed by atoms with Gasteiger partial charge in [0.2, 0.25) is 0 Å². The van der Waals surface area contributed by atoms with E-state index in [1.165, 1.54) is 19.4 Å². The number of aromatic nitrogens is 3. The van der Waals surface area contributed by atoms with Crippen LogP contribution >= 0.6 is 0 Å². The first-order valence-electron chi connectivity index (χ1n) is 8.11. The molecular weight excluding hydrogens is 278 g/mol. The number of fused-ring (bicyclic) bond motifs is 5. The average Bonchev–Trinajstić information content (AvgIpc) is 2.85. The van der Waals surface area contributed by atoms with E-state index in [4.69, 9.17) is 4.74 Å². The Kier molecular flexibility index (Phi) is 3.72. The highest BCUT2D eigenvalue weighted by atomic mass is 16.5. The van der Waals surface area contributed by atoms with Crippen LogP contribution in [0.15, 0.2) is 18.6 Å². The second-order valence-corrected chi connectivity index (χ2v) is 6.43. The van der Waals surface area contributed by atoms with Crippen molar-refractivity contribution in [2.75, 3.05) is 44.8 Å². The highest BCUT2D eigenvalue weighted by molar-refractivity contribution is 5.87. The van der Waals surface area contributed by atoms with Crippen LogP contribution in [-0.2, 0) is 4.74 Å². The Morgan fingerprint density at radius 3 is 3.14 bits per heavy atom. The summed E-state index contributed by atoms with van der Waals surface area (Å²) in [6.45, 7) is 5.19. The Balaban J connectivity index is 1.60. The topological polar surface area (TPSA) is 57.3 Å². The summed E-state index contributed by atoms with van der Waals surface area (Å²) in [5.74, 6) is 1.80. The van der Waals surface area contributed by atoms with Gasteiger partial charge in [-0.15, -0.1) is 0 Å². The number of H-pyrrole nitrogens is 1. The molecule has 3 saturated heterocycles. The van der Waals surface area contributed by atoms with E-state index in [2.05, 4.69) is 30.8 Å². The fourth-order valence-corrected chi connectivity index (χ4v) is 3.95. The number of methoxy groups -OCH3 is 1. The van der Waals surface area contributed by atoms with Gasteiger partial charge in [0.05, 0.1) is 12.0 Å². The lowest BCUT2D eigenvalue weighted by Crippen LogP contribution is -2.45. The summed E-state index contributed by atoms with van der Waals surface area (Å²) < 4.78 is 5.27. The first-order chi connectivity index (χ1) is 10.8. The van der Waals surface area contributed by atoms with Gasteiger partial charge >= 0.3 is 0 Å². The minimum absolute atomic E-state index is 0.609. The molecule has 0 amide bonds. The zero-order valence-electron chi connectivity index (χ0n) is 13.0. The van der Waals surface area contributed by atoms with Crippen molar-refractivity contribution in [3.8, 4) is 0 Å². The molecule has 6 nitrogen and oxygen atoms in total. The van der Waals surface area contributed by atoms with E-state index in [0.29, 0.717) is 6.04 Å². The van der Waals surface area contributed by atoms with Crippen LogP contribution in [0, 0.1) is 5.92 Å². The minimum Gasteiger partial charge on any atom is -0.383 e. The molecule has 3 aliphatic heterocycles. The molecule has 6 heteroatoms. The Hall–Kier alpha value is -1.66. The van der Waals surface area contributed by atoms with Gasteiger partial charge in [0.25, 0.3) is 0 Å². The summed E-state index contributed by atoms with van der Waals surface area (Å²) in [4.78, 5) is 17.1. The summed E-state index contributed by atoms with van der Waals surface area (Å²) in [7, 11) is 1.78. The third-order valence-corrected chi connectivity index (χ3v) is 5.04. The van der Waals surface area contributed by atoms with Crippen LogP contribution in [0.3, 0.4) is 0 Å². The smallest absolute Gasteiger partial charge is 0.142 e. The fourth-order valence-electron chi connectivity index (χ4n) is 3.95. The van der Waals surface area contributed by atoms with Crippen LogP contribution in [-0.4, -0.2) is 65.8 Å². The summed E-state index contributed by atoms with van der Waals surface area (Å²) in [5, 5.41) is 1.13. The molecule has 2 aromatic rings. The molecule has 0 aromatic carbocycles. The van der Waals surface area contributed by atoms with Crippen LogP contribution < -0.4 is 4.90 Å². The first-order valence-corrected chi connectivity index (χ1v) is 8.11. The molecule has 0 radical (unpaired) electrons. The molecule has 5 rings (SSSR count). The molecule has 0 spiro atoms. The predicted molar refractivity (Wildman–Crippen MR) is 86.1 cm³/mol. The molecule has 2 bridgehead atoms. The molecule has 5 heterocycles. The lowest BCUT2D eigenvalue weighted by molar-refractivity contribution is 0.0889. The largest absolute Gasteiger partial charge is 0.383 e. The third-order valence-electron chi connectivity index (χ3n) is 5.04. The van der Waals surface area contributed by atoms with Gasteiger partial charge in [-0.1, -0.05) is 0 Å². The van der Waals surface area contributed by atoms with Gasteiger partial charge in [-0.3, -0.25) is 4.90 Å². The lowest BCUT2D eigenvalue weighted by Gasteiger charge is -2.35. The second-order valence-electron chi connectivity index (χ2n) is 6.43. The van der Waals surface area contributed by atoms with Gasteiger partial charge in [0.15, 0.2) is 0 Å². The van der Waals surface area contributed by atoms with E-state index < -0.39 is 0 Å². The normalized spacial score (nSPS) is 25.8. The lowest BCUT2D eigenvalue weighted by atomic mass is 9.95. The maximum Gasteiger partial charge on any atom is 0.142 e. The molecule has 118 valence electrons. The summed E-state index contributed by atoms with van der Waals surface area (Å²) in [5.41, 5.74) is 0.929. The second kappa shape index (κ2) is 5.85. The van der Waals surface area contributed by atoms with Crippen molar-refractivity contribution in [2.24, 2.45) is 5.92 Å². The van der Waals surface area contributed by atoms with E-state index >= 15 is 0 Å². The van der Waals surface area contributed by atoms with Crippen LogP contribution in [0.2, 0.25) is 0 Å². The SMILES string of the molecule is COCCN1C[C@H]2CC[C@@H]1CN(c1ncnc3[nH]ccc13)C2. The third kappa shape index (κ3) is 2.46. The number of ether oxygens (including phenoxy) is 1.